The molecular weight excluding hydrogens is 230 g/mol. The molecule has 0 saturated heterocycles. The molecule has 1 aromatic carbocycles. The van der Waals surface area contributed by atoms with Gasteiger partial charge < -0.3 is 16.6 Å². The van der Waals surface area contributed by atoms with E-state index >= 15 is 0 Å². The number of rotatable bonds is 7. The maximum absolute atomic E-state index is 11.0. The number of nitrogen functional groups attached to an aromatic ring is 1. The molecule has 0 aliphatic rings. The number of nitrogens with two attached hydrogens (primary N) is 2. The van der Waals surface area contributed by atoms with Gasteiger partial charge in [-0.25, -0.2) is 0 Å². The van der Waals surface area contributed by atoms with Gasteiger partial charge in [0.05, 0.1) is 6.54 Å². The topological polar surface area (TPSA) is 92.6 Å². The molecule has 0 aromatic heterocycles. The van der Waals surface area contributed by atoms with Crippen LogP contribution in [0.25, 0.3) is 0 Å². The van der Waals surface area contributed by atoms with E-state index in [1.54, 1.807) is 0 Å². The average molecular weight is 251 g/mol. The molecule has 1 aromatic rings. The summed E-state index contributed by atoms with van der Waals surface area (Å²) in [7, 11) is 0. The Morgan fingerprint density at radius 1 is 1.50 bits per heavy atom. The monoisotopic (exact) mass is 251 g/mol. The van der Waals surface area contributed by atoms with Crippen LogP contribution in [-0.4, -0.2) is 35.6 Å². The second-order valence-corrected chi connectivity index (χ2v) is 4.67. The molecule has 1 atom stereocenters. The summed E-state index contributed by atoms with van der Waals surface area (Å²) in [6.45, 7) is 3.41. The predicted molar refractivity (Wildman–Crippen MR) is 71.6 cm³/mol. The van der Waals surface area contributed by atoms with Crippen LogP contribution in [0.5, 0.6) is 0 Å². The molecule has 0 aliphatic heterocycles. The summed E-state index contributed by atoms with van der Waals surface area (Å²) in [6.07, 6.45) is 0. The Morgan fingerprint density at radius 2 is 2.22 bits per heavy atom. The lowest BCUT2D eigenvalue weighted by Gasteiger charge is -2.23. The second-order valence-electron chi connectivity index (χ2n) is 4.67. The van der Waals surface area contributed by atoms with Crippen molar-refractivity contribution in [1.82, 2.24) is 4.90 Å². The molecule has 1 amide bonds. The average Bonchev–Trinajstić information content (AvgIpc) is 2.27. The lowest BCUT2D eigenvalue weighted by atomic mass is 10.1. The third kappa shape index (κ3) is 5.16. The Hall–Kier alpha value is -1.59. The summed E-state index contributed by atoms with van der Waals surface area (Å²) in [6, 6.07) is 7.52. The van der Waals surface area contributed by atoms with E-state index in [1.165, 1.54) is 0 Å². The number of carbonyl (C=O) groups excluding carboxylic acids is 1. The van der Waals surface area contributed by atoms with E-state index in [2.05, 4.69) is 0 Å². The standard InChI is InChI=1S/C13H21N3O2/c1-10(9-17)6-16(8-13(15)18)7-11-3-2-4-12(14)5-11/h2-5,10,17H,6-9,14H2,1H3,(H2,15,18). The number of primary amides is 1. The predicted octanol–water partition coefficient (Wildman–Crippen LogP) is 0.185. The Bertz CT molecular complexity index is 396. The third-order valence-electron chi connectivity index (χ3n) is 2.62. The van der Waals surface area contributed by atoms with E-state index in [1.807, 2.05) is 36.1 Å². The van der Waals surface area contributed by atoms with Crippen LogP contribution in [0.4, 0.5) is 5.69 Å². The van der Waals surface area contributed by atoms with Gasteiger partial charge in [0.1, 0.15) is 0 Å². The Morgan fingerprint density at radius 3 is 2.78 bits per heavy atom. The van der Waals surface area contributed by atoms with E-state index in [0.29, 0.717) is 18.8 Å². The first kappa shape index (κ1) is 14.5. The molecule has 0 heterocycles. The first-order valence-corrected chi connectivity index (χ1v) is 5.97. The highest BCUT2D eigenvalue weighted by atomic mass is 16.3. The summed E-state index contributed by atoms with van der Waals surface area (Å²) in [5, 5.41) is 9.07. The molecule has 5 N–H and O–H groups in total. The fourth-order valence-corrected chi connectivity index (χ4v) is 1.85. The van der Waals surface area contributed by atoms with Crippen molar-refractivity contribution in [2.75, 3.05) is 25.4 Å². The van der Waals surface area contributed by atoms with Gasteiger partial charge in [-0.05, 0) is 23.6 Å². The number of hydrogen-bond acceptors (Lipinski definition) is 4. The van der Waals surface area contributed by atoms with Crippen LogP contribution in [0.3, 0.4) is 0 Å². The number of nitrogens with zero attached hydrogens (tertiary/aromatic N) is 1. The summed E-state index contributed by atoms with van der Waals surface area (Å²) in [5.41, 5.74) is 12.7. The zero-order chi connectivity index (χ0) is 13.5. The fourth-order valence-electron chi connectivity index (χ4n) is 1.85. The SMILES string of the molecule is CC(CO)CN(CC(N)=O)Cc1cccc(N)c1. The minimum Gasteiger partial charge on any atom is -0.399 e. The number of aliphatic hydroxyl groups is 1. The third-order valence-corrected chi connectivity index (χ3v) is 2.62. The van der Waals surface area contributed by atoms with E-state index in [0.717, 1.165) is 5.56 Å². The van der Waals surface area contributed by atoms with Gasteiger partial charge in [-0.2, -0.15) is 0 Å². The van der Waals surface area contributed by atoms with Gasteiger partial charge in [-0.3, -0.25) is 9.69 Å². The Kier molecular flexibility index (Phi) is 5.61. The quantitative estimate of drug-likeness (QED) is 0.603. The maximum atomic E-state index is 11.0. The van der Waals surface area contributed by atoms with Gasteiger partial charge in [0, 0.05) is 25.4 Å². The lowest BCUT2D eigenvalue weighted by molar-refractivity contribution is -0.119. The summed E-state index contributed by atoms with van der Waals surface area (Å²) < 4.78 is 0. The van der Waals surface area contributed by atoms with Crippen LogP contribution in [0.15, 0.2) is 24.3 Å². The number of hydrogen-bond donors (Lipinski definition) is 3. The second kappa shape index (κ2) is 6.98. The molecule has 0 bridgehead atoms. The molecule has 1 unspecified atom stereocenters. The molecule has 0 saturated carbocycles. The van der Waals surface area contributed by atoms with Crippen LogP contribution in [-0.2, 0) is 11.3 Å². The lowest BCUT2D eigenvalue weighted by Crippen LogP contribution is -2.36. The van der Waals surface area contributed by atoms with Gasteiger partial charge >= 0.3 is 0 Å². The highest BCUT2D eigenvalue weighted by Crippen LogP contribution is 2.10. The zero-order valence-corrected chi connectivity index (χ0v) is 10.7. The first-order chi connectivity index (χ1) is 8.51. The number of anilines is 1. The highest BCUT2D eigenvalue weighted by molar-refractivity contribution is 5.75. The van der Waals surface area contributed by atoms with Crippen molar-refractivity contribution in [1.29, 1.82) is 0 Å². The van der Waals surface area contributed by atoms with Crippen LogP contribution >= 0.6 is 0 Å². The van der Waals surface area contributed by atoms with Crippen molar-refractivity contribution < 1.29 is 9.90 Å². The Labute approximate surface area is 107 Å². The van der Waals surface area contributed by atoms with E-state index < -0.39 is 0 Å². The normalized spacial score (nSPS) is 12.6. The van der Waals surface area contributed by atoms with Crippen LogP contribution in [0.1, 0.15) is 12.5 Å². The summed E-state index contributed by atoms with van der Waals surface area (Å²) >= 11 is 0. The van der Waals surface area contributed by atoms with Crippen LogP contribution in [0, 0.1) is 5.92 Å². The van der Waals surface area contributed by atoms with Gasteiger partial charge in [0.15, 0.2) is 0 Å². The van der Waals surface area contributed by atoms with Crippen molar-refractivity contribution in [3.8, 4) is 0 Å². The molecule has 0 radical (unpaired) electrons. The highest BCUT2D eigenvalue weighted by Gasteiger charge is 2.12. The molecular formula is C13H21N3O2. The van der Waals surface area contributed by atoms with Crippen molar-refractivity contribution in [3.05, 3.63) is 29.8 Å². The zero-order valence-electron chi connectivity index (χ0n) is 10.7. The first-order valence-electron chi connectivity index (χ1n) is 5.97. The van der Waals surface area contributed by atoms with Crippen molar-refractivity contribution in [2.24, 2.45) is 11.7 Å². The number of carbonyl (C=O) groups is 1. The largest absolute Gasteiger partial charge is 0.399 e. The van der Waals surface area contributed by atoms with Crippen molar-refractivity contribution in [2.45, 2.75) is 13.5 Å². The molecule has 0 spiro atoms. The van der Waals surface area contributed by atoms with E-state index in [4.69, 9.17) is 16.6 Å². The summed E-state index contributed by atoms with van der Waals surface area (Å²) in [5.74, 6) is -0.269. The molecule has 100 valence electrons. The van der Waals surface area contributed by atoms with Crippen LogP contribution < -0.4 is 11.5 Å². The number of amides is 1. The maximum Gasteiger partial charge on any atom is 0.231 e. The minimum absolute atomic E-state index is 0.0895. The van der Waals surface area contributed by atoms with E-state index in [-0.39, 0.29) is 25.0 Å². The van der Waals surface area contributed by atoms with Crippen LogP contribution in [0.2, 0.25) is 0 Å². The Balaban J connectivity index is 2.68. The number of aliphatic hydroxyl groups excluding tert-OH is 1. The molecule has 0 fully saturated rings. The van der Waals surface area contributed by atoms with E-state index in [9.17, 15) is 4.79 Å². The van der Waals surface area contributed by atoms with Gasteiger partial charge in [-0.1, -0.05) is 19.1 Å². The van der Waals surface area contributed by atoms with Crippen molar-refractivity contribution in [3.63, 3.8) is 0 Å². The molecule has 5 heteroatoms. The molecule has 5 nitrogen and oxygen atoms in total. The van der Waals surface area contributed by atoms with Gasteiger partial charge in [0.25, 0.3) is 0 Å². The number of benzene rings is 1. The fraction of sp³-hybridized carbons (Fsp3) is 0.462. The smallest absolute Gasteiger partial charge is 0.231 e. The molecule has 18 heavy (non-hydrogen) atoms. The minimum atomic E-state index is -0.371. The summed E-state index contributed by atoms with van der Waals surface area (Å²) in [4.78, 5) is 12.9. The van der Waals surface area contributed by atoms with Gasteiger partial charge in [-0.15, -0.1) is 0 Å². The molecule has 1 rings (SSSR count). The van der Waals surface area contributed by atoms with Crippen molar-refractivity contribution >= 4 is 11.6 Å². The molecule has 0 aliphatic carbocycles. The van der Waals surface area contributed by atoms with Gasteiger partial charge in [0.2, 0.25) is 5.91 Å².